The molecule has 2 amide bonds. The van der Waals surface area contributed by atoms with Crippen LogP contribution in [0.15, 0.2) is 0 Å². The highest BCUT2D eigenvalue weighted by atomic mass is 16.6. The number of nitrogens with zero attached hydrogens (tertiary/aromatic N) is 1. The van der Waals surface area contributed by atoms with Crippen molar-refractivity contribution in [2.45, 2.75) is 65.6 Å². The number of hydrogen-bond donors (Lipinski definition) is 1. The van der Waals surface area contributed by atoms with E-state index in [2.05, 4.69) is 5.32 Å². The fraction of sp³-hybridized carbons (Fsp3) is 0.833. The van der Waals surface area contributed by atoms with Crippen molar-refractivity contribution in [1.82, 2.24) is 10.2 Å². The molecule has 142 valence electrons. The van der Waals surface area contributed by atoms with E-state index in [9.17, 15) is 14.4 Å². The third-order valence-electron chi connectivity index (χ3n) is 4.65. The van der Waals surface area contributed by atoms with Gasteiger partial charge in [-0.15, -0.1) is 0 Å². The van der Waals surface area contributed by atoms with Crippen LogP contribution in [0.25, 0.3) is 0 Å². The van der Waals surface area contributed by atoms with Gasteiger partial charge < -0.3 is 19.7 Å². The average molecular weight is 354 g/mol. The van der Waals surface area contributed by atoms with Crippen LogP contribution >= 0.6 is 0 Å². The Morgan fingerprint density at radius 1 is 1.12 bits per heavy atom. The van der Waals surface area contributed by atoms with Crippen LogP contribution in [0.5, 0.6) is 0 Å². The number of rotatable bonds is 3. The summed E-state index contributed by atoms with van der Waals surface area (Å²) in [4.78, 5) is 39.0. The predicted octanol–water partition coefficient (Wildman–Crippen LogP) is 1.95. The molecule has 0 radical (unpaired) electrons. The monoisotopic (exact) mass is 354 g/mol. The number of ether oxygens (including phenoxy) is 2. The van der Waals surface area contributed by atoms with Crippen LogP contribution in [0.3, 0.4) is 0 Å². The van der Waals surface area contributed by atoms with Gasteiger partial charge in [0, 0.05) is 6.54 Å². The van der Waals surface area contributed by atoms with Gasteiger partial charge in [-0.1, -0.05) is 20.8 Å². The van der Waals surface area contributed by atoms with E-state index >= 15 is 0 Å². The molecule has 1 aliphatic carbocycles. The highest BCUT2D eigenvalue weighted by Crippen LogP contribution is 2.50. The standard InChI is InChI=1S/C18H30N2O5/c1-17(2,3)13(19-16(23)25-18(4,5)6)14(21)20-9-10-8-11(10)12(20)15(22)24-7/h10-13H,8-9H2,1-7H3,(H,19,23)/t10-,11-,12-,13+/m0/s1. The third-order valence-corrected chi connectivity index (χ3v) is 4.65. The second-order valence-electron chi connectivity index (χ2n) is 9.06. The van der Waals surface area contributed by atoms with Crippen molar-refractivity contribution in [2.75, 3.05) is 13.7 Å². The summed E-state index contributed by atoms with van der Waals surface area (Å²) in [5.41, 5.74) is -1.18. The summed E-state index contributed by atoms with van der Waals surface area (Å²) in [6, 6.07) is -1.33. The van der Waals surface area contributed by atoms with E-state index in [1.165, 1.54) is 7.11 Å². The molecule has 1 aliphatic heterocycles. The number of likely N-dealkylation sites (tertiary alicyclic amines) is 1. The Morgan fingerprint density at radius 3 is 2.20 bits per heavy atom. The van der Waals surface area contributed by atoms with Gasteiger partial charge in [-0.3, -0.25) is 4.79 Å². The Kier molecular flexibility index (Phi) is 5.08. The summed E-state index contributed by atoms with van der Waals surface area (Å²) >= 11 is 0. The molecule has 1 heterocycles. The van der Waals surface area contributed by atoms with Crippen LogP contribution in [0.4, 0.5) is 4.79 Å². The van der Waals surface area contributed by atoms with E-state index in [0.29, 0.717) is 12.5 Å². The second kappa shape index (κ2) is 6.50. The lowest BCUT2D eigenvalue weighted by Gasteiger charge is -2.36. The maximum atomic E-state index is 13.1. The van der Waals surface area contributed by atoms with Crippen LogP contribution in [-0.2, 0) is 19.1 Å². The van der Waals surface area contributed by atoms with E-state index in [4.69, 9.17) is 9.47 Å². The van der Waals surface area contributed by atoms with Gasteiger partial charge >= 0.3 is 12.1 Å². The predicted molar refractivity (Wildman–Crippen MR) is 91.7 cm³/mol. The molecule has 1 N–H and O–H groups in total. The van der Waals surface area contributed by atoms with Crippen molar-refractivity contribution < 1.29 is 23.9 Å². The molecule has 1 saturated heterocycles. The minimum atomic E-state index is -0.785. The Hall–Kier alpha value is -1.79. The van der Waals surface area contributed by atoms with Crippen molar-refractivity contribution in [3.8, 4) is 0 Å². The Morgan fingerprint density at radius 2 is 1.72 bits per heavy atom. The molecule has 2 fully saturated rings. The minimum Gasteiger partial charge on any atom is -0.467 e. The topological polar surface area (TPSA) is 84.9 Å². The SMILES string of the molecule is COC(=O)[C@@H]1[C@H]2C[C@H]2CN1C(=O)[C@@H](NC(=O)OC(C)(C)C)C(C)(C)C. The van der Waals surface area contributed by atoms with E-state index in [1.807, 2.05) is 20.8 Å². The number of esters is 1. The van der Waals surface area contributed by atoms with Crippen LogP contribution in [0.2, 0.25) is 0 Å². The van der Waals surface area contributed by atoms with Crippen molar-refractivity contribution in [3.63, 3.8) is 0 Å². The van der Waals surface area contributed by atoms with Crippen molar-refractivity contribution in [1.29, 1.82) is 0 Å². The number of hydrogen-bond acceptors (Lipinski definition) is 5. The largest absolute Gasteiger partial charge is 0.467 e. The molecule has 0 unspecified atom stereocenters. The maximum Gasteiger partial charge on any atom is 0.408 e. The lowest BCUT2D eigenvalue weighted by atomic mass is 9.85. The molecule has 2 aliphatic rings. The molecule has 0 aromatic rings. The molecular formula is C18H30N2O5. The quantitative estimate of drug-likeness (QED) is 0.783. The van der Waals surface area contributed by atoms with E-state index in [-0.39, 0.29) is 17.8 Å². The fourth-order valence-corrected chi connectivity index (χ4v) is 3.35. The Labute approximate surface area is 149 Å². The third kappa shape index (κ3) is 4.44. The summed E-state index contributed by atoms with van der Waals surface area (Å²) in [6.45, 7) is 11.4. The number of alkyl carbamates (subject to hydrolysis) is 1. The molecule has 1 saturated carbocycles. The summed E-state index contributed by atoms with van der Waals surface area (Å²) in [5, 5.41) is 2.69. The Bertz CT molecular complexity index is 561. The number of carbonyl (C=O) groups is 3. The zero-order valence-electron chi connectivity index (χ0n) is 16.2. The fourth-order valence-electron chi connectivity index (χ4n) is 3.35. The van der Waals surface area contributed by atoms with E-state index < -0.39 is 29.2 Å². The van der Waals surface area contributed by atoms with Gasteiger partial charge in [0.2, 0.25) is 5.91 Å². The molecule has 7 heteroatoms. The van der Waals surface area contributed by atoms with Gasteiger partial charge in [-0.25, -0.2) is 9.59 Å². The van der Waals surface area contributed by atoms with Crippen LogP contribution < -0.4 is 5.32 Å². The smallest absolute Gasteiger partial charge is 0.408 e. The molecule has 25 heavy (non-hydrogen) atoms. The number of fused-ring (bicyclic) bond motifs is 1. The van der Waals surface area contributed by atoms with Crippen LogP contribution in [0.1, 0.15) is 48.0 Å². The highest BCUT2D eigenvalue weighted by molar-refractivity contribution is 5.91. The summed E-state index contributed by atoms with van der Waals surface area (Å²) in [7, 11) is 1.33. The van der Waals surface area contributed by atoms with Crippen LogP contribution in [-0.4, -0.2) is 54.2 Å². The first kappa shape index (κ1) is 19.5. The number of nitrogens with one attached hydrogen (secondary N) is 1. The van der Waals surface area contributed by atoms with Gasteiger partial charge in [0.05, 0.1) is 7.11 Å². The van der Waals surface area contributed by atoms with E-state index in [0.717, 1.165) is 6.42 Å². The summed E-state index contributed by atoms with van der Waals surface area (Å²) in [5.74, 6) is -0.113. The molecular weight excluding hydrogens is 324 g/mol. The van der Waals surface area contributed by atoms with Gasteiger partial charge in [-0.2, -0.15) is 0 Å². The lowest BCUT2D eigenvalue weighted by molar-refractivity contribution is -0.153. The number of methoxy groups -OCH3 is 1. The summed E-state index contributed by atoms with van der Waals surface area (Å²) < 4.78 is 10.2. The van der Waals surface area contributed by atoms with Crippen molar-refractivity contribution in [2.24, 2.45) is 17.3 Å². The van der Waals surface area contributed by atoms with Crippen molar-refractivity contribution >= 4 is 18.0 Å². The Balaban J connectivity index is 2.16. The molecule has 0 aromatic carbocycles. The van der Waals surface area contributed by atoms with Gasteiger partial charge in [0.25, 0.3) is 0 Å². The molecule has 7 nitrogen and oxygen atoms in total. The first-order valence-electron chi connectivity index (χ1n) is 8.73. The first-order valence-corrected chi connectivity index (χ1v) is 8.73. The van der Waals surface area contributed by atoms with Crippen LogP contribution in [0, 0.1) is 17.3 Å². The number of carbonyl (C=O) groups excluding carboxylic acids is 3. The van der Waals surface area contributed by atoms with Gasteiger partial charge in [-0.05, 0) is 44.4 Å². The van der Waals surface area contributed by atoms with Crippen molar-refractivity contribution in [3.05, 3.63) is 0 Å². The molecule has 0 bridgehead atoms. The molecule has 2 rings (SSSR count). The lowest BCUT2D eigenvalue weighted by Crippen LogP contribution is -2.58. The van der Waals surface area contributed by atoms with Gasteiger partial charge in [0.15, 0.2) is 0 Å². The molecule has 0 aromatic heterocycles. The maximum absolute atomic E-state index is 13.1. The first-order chi connectivity index (χ1) is 11.3. The zero-order chi connectivity index (χ0) is 19.2. The molecule has 0 spiro atoms. The highest BCUT2D eigenvalue weighted by Gasteiger charge is 2.58. The van der Waals surface area contributed by atoms with Gasteiger partial charge in [0.1, 0.15) is 17.7 Å². The normalized spacial score (nSPS) is 26.5. The zero-order valence-corrected chi connectivity index (χ0v) is 16.2. The minimum absolute atomic E-state index is 0.179. The second-order valence-corrected chi connectivity index (χ2v) is 9.06. The molecule has 4 atom stereocenters. The van der Waals surface area contributed by atoms with E-state index in [1.54, 1.807) is 25.7 Å². The number of amides is 2. The summed E-state index contributed by atoms with van der Waals surface area (Å²) in [6.07, 6.45) is 0.309. The average Bonchev–Trinajstić information content (AvgIpc) is 3.11. The number of piperidine rings is 1.